The van der Waals surface area contributed by atoms with Gasteiger partial charge in [-0.05, 0) is 18.4 Å². The third kappa shape index (κ3) is 2.34. The zero-order valence-corrected chi connectivity index (χ0v) is 8.73. The third-order valence-corrected chi connectivity index (χ3v) is 2.38. The number of hydrogen-bond acceptors (Lipinski definition) is 3. The molecule has 16 heavy (non-hydrogen) atoms. The Kier molecular flexibility index (Phi) is 3.10. The molecule has 0 amide bonds. The number of halogens is 1. The van der Waals surface area contributed by atoms with Crippen molar-refractivity contribution in [1.82, 2.24) is 9.97 Å². The van der Waals surface area contributed by atoms with Gasteiger partial charge >= 0.3 is 0 Å². The van der Waals surface area contributed by atoms with Gasteiger partial charge in [-0.3, -0.25) is 0 Å². The van der Waals surface area contributed by atoms with Crippen LogP contribution in [0.2, 0.25) is 0 Å². The summed E-state index contributed by atoms with van der Waals surface area (Å²) in [6, 6.07) is 9.87. The van der Waals surface area contributed by atoms with Gasteiger partial charge in [0.15, 0.2) is 11.6 Å². The van der Waals surface area contributed by atoms with E-state index in [1.165, 1.54) is 6.33 Å². The van der Waals surface area contributed by atoms with Gasteiger partial charge in [-0.1, -0.05) is 30.3 Å². The molecule has 0 fully saturated rings. The van der Waals surface area contributed by atoms with E-state index in [1.807, 2.05) is 30.3 Å². The molecule has 2 N–H and O–H groups in total. The van der Waals surface area contributed by atoms with Crippen LogP contribution < -0.4 is 5.73 Å². The molecule has 0 aliphatic heterocycles. The number of aryl methyl sites for hydroxylation is 2. The summed E-state index contributed by atoms with van der Waals surface area (Å²) in [5, 5.41) is 0. The molecule has 0 saturated heterocycles. The van der Waals surface area contributed by atoms with Crippen molar-refractivity contribution in [2.45, 2.75) is 12.8 Å². The first-order valence-corrected chi connectivity index (χ1v) is 5.06. The highest BCUT2D eigenvalue weighted by Crippen LogP contribution is 2.12. The van der Waals surface area contributed by atoms with Crippen molar-refractivity contribution in [1.29, 1.82) is 0 Å². The fourth-order valence-corrected chi connectivity index (χ4v) is 1.50. The first-order valence-electron chi connectivity index (χ1n) is 5.06. The van der Waals surface area contributed by atoms with Crippen LogP contribution in [-0.4, -0.2) is 9.97 Å². The molecule has 0 saturated carbocycles. The second-order valence-electron chi connectivity index (χ2n) is 3.51. The Hall–Kier alpha value is -1.97. The lowest BCUT2D eigenvalue weighted by Gasteiger charge is -2.03. The molecule has 1 heterocycles. The minimum Gasteiger partial charge on any atom is -0.381 e. The molecule has 4 heteroatoms. The van der Waals surface area contributed by atoms with E-state index in [0.29, 0.717) is 12.1 Å². The summed E-state index contributed by atoms with van der Waals surface area (Å²) in [7, 11) is 0. The monoisotopic (exact) mass is 217 g/mol. The van der Waals surface area contributed by atoms with E-state index in [-0.39, 0.29) is 5.82 Å². The molecule has 0 spiro atoms. The number of anilines is 1. The second-order valence-corrected chi connectivity index (χ2v) is 3.51. The minimum atomic E-state index is -0.501. The molecule has 2 aromatic rings. The second kappa shape index (κ2) is 4.70. The first-order chi connectivity index (χ1) is 7.77. The third-order valence-electron chi connectivity index (χ3n) is 2.38. The normalized spacial score (nSPS) is 10.3. The predicted octanol–water partition coefficient (Wildman–Crippen LogP) is 1.98. The van der Waals surface area contributed by atoms with Crippen molar-refractivity contribution in [3.8, 4) is 0 Å². The lowest BCUT2D eigenvalue weighted by atomic mass is 10.1. The molecule has 0 aliphatic carbocycles. The molecule has 1 aromatic heterocycles. The van der Waals surface area contributed by atoms with Gasteiger partial charge in [0.1, 0.15) is 6.33 Å². The maximum absolute atomic E-state index is 13.5. The van der Waals surface area contributed by atoms with Crippen LogP contribution in [0.1, 0.15) is 11.3 Å². The molecule has 0 aliphatic rings. The summed E-state index contributed by atoms with van der Waals surface area (Å²) < 4.78 is 13.5. The highest BCUT2D eigenvalue weighted by atomic mass is 19.1. The number of nitrogens with two attached hydrogens (primary N) is 1. The van der Waals surface area contributed by atoms with Crippen molar-refractivity contribution in [3.63, 3.8) is 0 Å². The molecule has 2 rings (SSSR count). The maximum atomic E-state index is 13.5. The Morgan fingerprint density at radius 3 is 2.56 bits per heavy atom. The van der Waals surface area contributed by atoms with Crippen molar-refractivity contribution < 1.29 is 4.39 Å². The van der Waals surface area contributed by atoms with Gasteiger partial charge < -0.3 is 5.73 Å². The lowest BCUT2D eigenvalue weighted by molar-refractivity contribution is 0.595. The Bertz CT molecular complexity index is 471. The van der Waals surface area contributed by atoms with Gasteiger partial charge in [0.05, 0.1) is 5.69 Å². The average Bonchev–Trinajstić information content (AvgIpc) is 2.32. The quantitative estimate of drug-likeness (QED) is 0.855. The van der Waals surface area contributed by atoms with E-state index in [2.05, 4.69) is 9.97 Å². The van der Waals surface area contributed by atoms with Crippen LogP contribution in [0, 0.1) is 5.82 Å². The Balaban J connectivity index is 2.08. The predicted molar refractivity (Wildman–Crippen MR) is 60.3 cm³/mol. The van der Waals surface area contributed by atoms with Crippen molar-refractivity contribution >= 4 is 5.82 Å². The van der Waals surface area contributed by atoms with Gasteiger partial charge in [-0.25, -0.2) is 14.4 Å². The Morgan fingerprint density at radius 2 is 1.81 bits per heavy atom. The Morgan fingerprint density at radius 1 is 1.06 bits per heavy atom. The standard InChI is InChI=1S/C12H12FN3/c13-11-10(15-8-16-12(11)14)7-6-9-4-2-1-3-5-9/h1-5,8H,6-7H2,(H2,14,15,16). The molecule has 82 valence electrons. The number of aromatic nitrogens is 2. The van der Waals surface area contributed by atoms with Crippen LogP contribution in [0.15, 0.2) is 36.7 Å². The van der Waals surface area contributed by atoms with Gasteiger partial charge in [0.25, 0.3) is 0 Å². The molecule has 0 unspecified atom stereocenters. The van der Waals surface area contributed by atoms with E-state index < -0.39 is 5.82 Å². The summed E-state index contributed by atoms with van der Waals surface area (Å²) in [4.78, 5) is 7.47. The van der Waals surface area contributed by atoms with Crippen LogP contribution in [0.5, 0.6) is 0 Å². The highest BCUT2D eigenvalue weighted by Gasteiger charge is 2.07. The summed E-state index contributed by atoms with van der Waals surface area (Å²) in [6.45, 7) is 0. The summed E-state index contributed by atoms with van der Waals surface area (Å²) >= 11 is 0. The molecule has 0 atom stereocenters. The van der Waals surface area contributed by atoms with E-state index >= 15 is 0 Å². The molecule has 0 radical (unpaired) electrons. The summed E-state index contributed by atoms with van der Waals surface area (Å²) in [5.74, 6) is -0.587. The Labute approximate surface area is 93.2 Å². The zero-order valence-electron chi connectivity index (χ0n) is 8.73. The zero-order chi connectivity index (χ0) is 11.4. The van der Waals surface area contributed by atoms with E-state index in [4.69, 9.17) is 5.73 Å². The smallest absolute Gasteiger partial charge is 0.186 e. The fraction of sp³-hybridized carbons (Fsp3) is 0.167. The number of nitrogens with zero attached hydrogens (tertiary/aromatic N) is 2. The van der Waals surface area contributed by atoms with Crippen molar-refractivity contribution in [3.05, 3.63) is 53.7 Å². The van der Waals surface area contributed by atoms with Gasteiger partial charge in [0, 0.05) is 0 Å². The largest absolute Gasteiger partial charge is 0.381 e. The fourth-order valence-electron chi connectivity index (χ4n) is 1.50. The van der Waals surface area contributed by atoms with E-state index in [9.17, 15) is 4.39 Å². The summed E-state index contributed by atoms with van der Waals surface area (Å²) in [5.41, 5.74) is 6.89. The number of rotatable bonds is 3. The van der Waals surface area contributed by atoms with Crippen LogP contribution in [-0.2, 0) is 12.8 Å². The molecular formula is C12H12FN3. The van der Waals surface area contributed by atoms with E-state index in [1.54, 1.807) is 0 Å². The van der Waals surface area contributed by atoms with Gasteiger partial charge in [-0.2, -0.15) is 0 Å². The molecule has 1 aromatic carbocycles. The topological polar surface area (TPSA) is 51.8 Å². The minimum absolute atomic E-state index is 0.0851. The molecule has 3 nitrogen and oxygen atoms in total. The highest BCUT2D eigenvalue weighted by molar-refractivity contribution is 5.31. The van der Waals surface area contributed by atoms with Crippen LogP contribution >= 0.6 is 0 Å². The van der Waals surface area contributed by atoms with Crippen LogP contribution in [0.4, 0.5) is 10.2 Å². The van der Waals surface area contributed by atoms with Gasteiger partial charge in [0.2, 0.25) is 0 Å². The van der Waals surface area contributed by atoms with Gasteiger partial charge in [-0.15, -0.1) is 0 Å². The molecule has 0 bridgehead atoms. The summed E-state index contributed by atoms with van der Waals surface area (Å²) in [6.07, 6.45) is 2.56. The number of nitrogen functional groups attached to an aromatic ring is 1. The average molecular weight is 217 g/mol. The first kappa shape index (κ1) is 10.5. The molecular weight excluding hydrogens is 205 g/mol. The number of benzene rings is 1. The van der Waals surface area contributed by atoms with Crippen LogP contribution in [0.3, 0.4) is 0 Å². The lowest BCUT2D eigenvalue weighted by Crippen LogP contribution is -2.04. The van der Waals surface area contributed by atoms with Crippen molar-refractivity contribution in [2.24, 2.45) is 0 Å². The number of hydrogen-bond donors (Lipinski definition) is 1. The van der Waals surface area contributed by atoms with Crippen molar-refractivity contribution in [2.75, 3.05) is 5.73 Å². The van der Waals surface area contributed by atoms with E-state index in [0.717, 1.165) is 12.0 Å². The SMILES string of the molecule is Nc1ncnc(CCc2ccccc2)c1F. The maximum Gasteiger partial charge on any atom is 0.186 e. The van der Waals surface area contributed by atoms with Crippen LogP contribution in [0.25, 0.3) is 0 Å².